The number of amides is 1. The van der Waals surface area contributed by atoms with Crippen LogP contribution in [0.1, 0.15) is 10.4 Å². The molecule has 2 heterocycles. The summed E-state index contributed by atoms with van der Waals surface area (Å²) in [7, 11) is -2.40. The van der Waals surface area contributed by atoms with Gasteiger partial charge in [-0.05, 0) is 72.0 Å². The van der Waals surface area contributed by atoms with Crippen molar-refractivity contribution in [3.8, 4) is 0 Å². The van der Waals surface area contributed by atoms with Gasteiger partial charge in [-0.1, -0.05) is 11.6 Å². The predicted octanol–water partition coefficient (Wildman–Crippen LogP) is 4.22. The number of hydrogen-bond acceptors (Lipinski definition) is 5. The normalized spacial score (nSPS) is 13.8. The summed E-state index contributed by atoms with van der Waals surface area (Å²) < 4.78 is 26.3. The molecule has 1 amide bonds. The van der Waals surface area contributed by atoms with Crippen molar-refractivity contribution in [1.82, 2.24) is 4.31 Å². The average Bonchev–Trinajstić information content (AvgIpc) is 3.22. The molecule has 6 nitrogen and oxygen atoms in total. The fourth-order valence-electron chi connectivity index (χ4n) is 3.50. The first-order chi connectivity index (χ1) is 14.8. The molecule has 162 valence electrons. The predicted molar refractivity (Wildman–Crippen MR) is 125 cm³/mol. The molecule has 0 bridgehead atoms. The van der Waals surface area contributed by atoms with Crippen LogP contribution in [-0.2, 0) is 27.8 Å². The number of carbonyl (C=O) groups is 1. The van der Waals surface area contributed by atoms with E-state index in [1.54, 1.807) is 0 Å². The summed E-state index contributed by atoms with van der Waals surface area (Å²) in [6.45, 7) is 1.56. The standard InChI is InChI=1S/C22H22ClN3O3S2/c1-25(31(28,29)20-8-2-17(23)3-9-20)15-22(27)24-18-4-6-19(7-5-18)26-12-10-21-16(14-26)11-13-30-21/h2-9,11,13H,10,12,14-15H2,1H3,(H,24,27). The zero-order valence-corrected chi connectivity index (χ0v) is 19.3. The van der Waals surface area contributed by atoms with Gasteiger partial charge in [-0.25, -0.2) is 8.42 Å². The topological polar surface area (TPSA) is 69.7 Å². The molecule has 31 heavy (non-hydrogen) atoms. The maximum Gasteiger partial charge on any atom is 0.243 e. The number of thiophene rings is 1. The van der Waals surface area contributed by atoms with E-state index in [0.717, 1.165) is 29.5 Å². The second kappa shape index (κ2) is 9.00. The average molecular weight is 476 g/mol. The van der Waals surface area contributed by atoms with Crippen molar-refractivity contribution in [2.75, 3.05) is 30.4 Å². The molecule has 3 aromatic rings. The molecule has 2 aromatic carbocycles. The van der Waals surface area contributed by atoms with Gasteiger partial charge in [0.2, 0.25) is 15.9 Å². The van der Waals surface area contributed by atoms with Gasteiger partial charge in [0, 0.05) is 41.4 Å². The van der Waals surface area contributed by atoms with Crippen LogP contribution in [0.4, 0.5) is 11.4 Å². The number of carbonyl (C=O) groups excluding carboxylic acids is 1. The van der Waals surface area contributed by atoms with E-state index >= 15 is 0 Å². The van der Waals surface area contributed by atoms with Gasteiger partial charge >= 0.3 is 0 Å². The maximum atomic E-state index is 12.6. The lowest BCUT2D eigenvalue weighted by Gasteiger charge is -2.29. The lowest BCUT2D eigenvalue weighted by Crippen LogP contribution is -2.35. The molecule has 0 atom stereocenters. The van der Waals surface area contributed by atoms with Gasteiger partial charge in [-0.15, -0.1) is 11.3 Å². The van der Waals surface area contributed by atoms with Crippen molar-refractivity contribution in [1.29, 1.82) is 0 Å². The van der Waals surface area contributed by atoms with Gasteiger partial charge in [0.25, 0.3) is 0 Å². The highest BCUT2D eigenvalue weighted by Crippen LogP contribution is 2.28. The Kier molecular flexibility index (Phi) is 6.34. The molecule has 0 unspecified atom stereocenters. The number of hydrogen-bond donors (Lipinski definition) is 1. The number of nitrogens with zero attached hydrogens (tertiary/aromatic N) is 2. The van der Waals surface area contributed by atoms with Gasteiger partial charge in [0.1, 0.15) is 0 Å². The molecule has 4 rings (SSSR count). The first-order valence-electron chi connectivity index (χ1n) is 9.75. The van der Waals surface area contributed by atoms with Crippen molar-refractivity contribution in [2.45, 2.75) is 17.9 Å². The zero-order chi connectivity index (χ0) is 22.0. The number of rotatable bonds is 6. The Balaban J connectivity index is 1.36. The van der Waals surface area contributed by atoms with Crippen LogP contribution in [-0.4, -0.2) is 38.8 Å². The summed E-state index contributed by atoms with van der Waals surface area (Å²) in [4.78, 5) is 16.3. The Morgan fingerprint density at radius 1 is 1.13 bits per heavy atom. The summed E-state index contributed by atoms with van der Waals surface area (Å²) in [5, 5.41) is 5.35. The number of benzene rings is 2. The van der Waals surface area contributed by atoms with Crippen LogP contribution >= 0.6 is 22.9 Å². The van der Waals surface area contributed by atoms with Crippen molar-refractivity contribution >= 4 is 50.2 Å². The van der Waals surface area contributed by atoms with E-state index in [9.17, 15) is 13.2 Å². The van der Waals surface area contributed by atoms with Crippen LogP contribution in [0.5, 0.6) is 0 Å². The molecule has 9 heteroatoms. The molecule has 0 aliphatic carbocycles. The fourth-order valence-corrected chi connectivity index (χ4v) is 5.64. The number of halogens is 1. The minimum absolute atomic E-state index is 0.0897. The molecule has 1 aliphatic rings. The summed E-state index contributed by atoms with van der Waals surface area (Å²) in [6.07, 6.45) is 1.04. The van der Waals surface area contributed by atoms with Crippen molar-refractivity contribution in [3.63, 3.8) is 0 Å². The first-order valence-corrected chi connectivity index (χ1v) is 12.4. The summed E-state index contributed by atoms with van der Waals surface area (Å²) in [5.74, 6) is -0.409. The van der Waals surface area contributed by atoms with E-state index in [-0.39, 0.29) is 11.4 Å². The van der Waals surface area contributed by atoms with Gasteiger partial charge in [-0.3, -0.25) is 4.79 Å². The van der Waals surface area contributed by atoms with Crippen LogP contribution in [0, 0.1) is 0 Å². The molecule has 1 N–H and O–H groups in total. The van der Waals surface area contributed by atoms with Gasteiger partial charge < -0.3 is 10.2 Å². The van der Waals surface area contributed by atoms with E-state index in [2.05, 4.69) is 21.7 Å². The Labute approximate surface area is 191 Å². The third kappa shape index (κ3) is 4.93. The van der Waals surface area contributed by atoms with Crippen LogP contribution < -0.4 is 10.2 Å². The van der Waals surface area contributed by atoms with Crippen LogP contribution in [0.2, 0.25) is 5.02 Å². The molecule has 0 spiro atoms. The van der Waals surface area contributed by atoms with Crippen LogP contribution in [0.3, 0.4) is 0 Å². The molecule has 0 fully saturated rings. The number of sulfonamides is 1. The van der Waals surface area contributed by atoms with Gasteiger partial charge in [0.05, 0.1) is 11.4 Å². The second-order valence-electron chi connectivity index (χ2n) is 7.35. The highest BCUT2D eigenvalue weighted by Gasteiger charge is 2.23. The Morgan fingerprint density at radius 2 is 1.84 bits per heavy atom. The summed E-state index contributed by atoms with van der Waals surface area (Å²) in [6, 6.07) is 15.7. The van der Waals surface area contributed by atoms with Gasteiger partial charge in [0.15, 0.2) is 0 Å². The molecule has 1 aliphatic heterocycles. The lowest BCUT2D eigenvalue weighted by atomic mass is 10.1. The number of anilines is 2. The van der Waals surface area contributed by atoms with Gasteiger partial charge in [-0.2, -0.15) is 4.31 Å². The monoisotopic (exact) mass is 475 g/mol. The lowest BCUT2D eigenvalue weighted by molar-refractivity contribution is -0.116. The molecule has 0 radical (unpaired) electrons. The van der Waals surface area contributed by atoms with Crippen molar-refractivity contribution < 1.29 is 13.2 Å². The Morgan fingerprint density at radius 3 is 2.55 bits per heavy atom. The molecular weight excluding hydrogens is 454 g/mol. The molecule has 1 aromatic heterocycles. The minimum atomic E-state index is -3.78. The van der Waals surface area contributed by atoms with E-state index in [4.69, 9.17) is 11.6 Å². The number of nitrogens with one attached hydrogen (secondary N) is 1. The third-order valence-electron chi connectivity index (χ3n) is 5.21. The fraction of sp³-hybridized carbons (Fsp3) is 0.227. The number of fused-ring (bicyclic) bond motifs is 1. The van der Waals surface area contributed by atoms with E-state index in [1.165, 1.54) is 41.8 Å². The second-order valence-corrected chi connectivity index (χ2v) is 10.8. The van der Waals surface area contributed by atoms with E-state index in [0.29, 0.717) is 10.7 Å². The quantitative estimate of drug-likeness (QED) is 0.579. The SMILES string of the molecule is CN(CC(=O)Nc1ccc(N2CCc3sccc3C2)cc1)S(=O)(=O)c1ccc(Cl)cc1. The molecule has 0 saturated carbocycles. The van der Waals surface area contributed by atoms with Crippen LogP contribution in [0.15, 0.2) is 64.9 Å². The largest absolute Gasteiger partial charge is 0.367 e. The highest BCUT2D eigenvalue weighted by molar-refractivity contribution is 7.89. The summed E-state index contributed by atoms with van der Waals surface area (Å²) in [5.41, 5.74) is 3.09. The third-order valence-corrected chi connectivity index (χ3v) is 8.30. The maximum absolute atomic E-state index is 12.6. The zero-order valence-electron chi connectivity index (χ0n) is 16.9. The number of likely N-dealkylation sites (N-methyl/N-ethyl adjacent to an activating group) is 1. The van der Waals surface area contributed by atoms with Crippen LogP contribution in [0.25, 0.3) is 0 Å². The first kappa shape index (κ1) is 21.8. The van der Waals surface area contributed by atoms with E-state index < -0.39 is 15.9 Å². The molecular formula is C22H22ClN3O3S2. The Hall–Kier alpha value is -2.39. The smallest absolute Gasteiger partial charge is 0.243 e. The molecule has 0 saturated heterocycles. The minimum Gasteiger partial charge on any atom is -0.367 e. The summed E-state index contributed by atoms with van der Waals surface area (Å²) >= 11 is 7.63. The highest BCUT2D eigenvalue weighted by atomic mass is 35.5. The van der Waals surface area contributed by atoms with Crippen molar-refractivity contribution in [3.05, 3.63) is 75.4 Å². The Bertz CT molecular complexity index is 1180. The van der Waals surface area contributed by atoms with Crippen molar-refractivity contribution in [2.24, 2.45) is 0 Å². The van der Waals surface area contributed by atoms with E-state index in [1.807, 2.05) is 35.6 Å².